The molecule has 0 spiro atoms. The van der Waals surface area contributed by atoms with E-state index in [1.165, 1.54) is 0 Å². The van der Waals surface area contributed by atoms with Gasteiger partial charge in [0.05, 0.1) is 6.61 Å². The Bertz CT molecular complexity index is 633. The first-order chi connectivity index (χ1) is 9.61. The van der Waals surface area contributed by atoms with Crippen LogP contribution < -0.4 is 5.56 Å². The highest BCUT2D eigenvalue weighted by atomic mass is 16.5. The van der Waals surface area contributed by atoms with Crippen molar-refractivity contribution >= 4 is 0 Å². The summed E-state index contributed by atoms with van der Waals surface area (Å²) in [4.78, 5) is 18.8. The molecular weight excluding hydrogens is 256 g/mol. The van der Waals surface area contributed by atoms with Crippen molar-refractivity contribution in [2.75, 3.05) is 13.2 Å². The lowest BCUT2D eigenvalue weighted by atomic mass is 10.1. The number of aryl methyl sites for hydroxylation is 1. The van der Waals surface area contributed by atoms with E-state index in [1.807, 2.05) is 26.0 Å². The number of rotatable bonds is 5. The summed E-state index contributed by atoms with van der Waals surface area (Å²) in [6.45, 7) is 4.93. The van der Waals surface area contributed by atoms with Crippen molar-refractivity contribution in [3.63, 3.8) is 0 Å². The first-order valence-corrected chi connectivity index (χ1v) is 6.58. The highest BCUT2D eigenvalue weighted by Gasteiger charge is 2.12. The van der Waals surface area contributed by atoms with Crippen LogP contribution in [-0.4, -0.2) is 28.3 Å². The highest BCUT2D eigenvalue weighted by Crippen LogP contribution is 2.23. The molecule has 5 nitrogen and oxygen atoms in total. The normalized spacial score (nSPS) is 10.7. The van der Waals surface area contributed by atoms with Gasteiger partial charge in [-0.2, -0.15) is 4.98 Å². The number of ether oxygens (including phenoxy) is 1. The van der Waals surface area contributed by atoms with Gasteiger partial charge in [0.1, 0.15) is 11.4 Å². The Balaban J connectivity index is 2.31. The van der Waals surface area contributed by atoms with Gasteiger partial charge in [0.15, 0.2) is 0 Å². The zero-order chi connectivity index (χ0) is 14.5. The van der Waals surface area contributed by atoms with Gasteiger partial charge in [-0.05, 0) is 19.4 Å². The molecule has 0 radical (unpaired) electrons. The van der Waals surface area contributed by atoms with E-state index >= 15 is 0 Å². The van der Waals surface area contributed by atoms with Crippen LogP contribution in [-0.2, 0) is 11.2 Å². The van der Waals surface area contributed by atoms with Gasteiger partial charge in [-0.3, -0.25) is 4.79 Å². The third-order valence-electron chi connectivity index (χ3n) is 2.98. The Morgan fingerprint density at radius 2 is 2.00 bits per heavy atom. The Morgan fingerprint density at radius 1 is 1.30 bits per heavy atom. The van der Waals surface area contributed by atoms with Gasteiger partial charge in [-0.25, -0.2) is 0 Å². The molecule has 2 N–H and O–H groups in total. The third-order valence-corrected chi connectivity index (χ3v) is 2.98. The van der Waals surface area contributed by atoms with Gasteiger partial charge in [-0.1, -0.05) is 29.8 Å². The molecule has 2 rings (SSSR count). The zero-order valence-corrected chi connectivity index (χ0v) is 11.6. The molecule has 0 saturated heterocycles. The standard InChI is InChI=1S/C15H18N2O3/c1-3-20-9-8-12-16-14(18)13(15(19)17-12)11-6-4-10(2)5-7-11/h4-7H,3,8-9H2,1-2H3,(H2,16,17,18,19). The molecule has 5 heteroatoms. The Labute approximate surface area is 117 Å². The molecule has 0 bridgehead atoms. The predicted octanol–water partition coefficient (Wildman–Crippen LogP) is 2.03. The van der Waals surface area contributed by atoms with Crippen LogP contribution in [0.15, 0.2) is 29.1 Å². The minimum absolute atomic E-state index is 0.199. The smallest absolute Gasteiger partial charge is 0.262 e. The van der Waals surface area contributed by atoms with Crippen LogP contribution in [0.3, 0.4) is 0 Å². The van der Waals surface area contributed by atoms with Crippen LogP contribution in [0.1, 0.15) is 18.3 Å². The van der Waals surface area contributed by atoms with Crippen LogP contribution in [0.4, 0.5) is 0 Å². The second kappa shape index (κ2) is 6.34. The molecule has 0 fully saturated rings. The fourth-order valence-electron chi connectivity index (χ4n) is 1.92. The van der Waals surface area contributed by atoms with E-state index in [1.54, 1.807) is 12.1 Å². The molecule has 1 aromatic carbocycles. The van der Waals surface area contributed by atoms with Crippen molar-refractivity contribution in [2.24, 2.45) is 0 Å². The minimum Gasteiger partial charge on any atom is -0.493 e. The molecular formula is C15H18N2O3. The van der Waals surface area contributed by atoms with E-state index < -0.39 is 0 Å². The fourth-order valence-corrected chi connectivity index (χ4v) is 1.92. The summed E-state index contributed by atoms with van der Waals surface area (Å²) in [7, 11) is 0. The molecule has 0 aliphatic carbocycles. The monoisotopic (exact) mass is 274 g/mol. The molecule has 1 aromatic heterocycles. The minimum atomic E-state index is -0.340. The Kier molecular flexibility index (Phi) is 4.53. The molecule has 20 heavy (non-hydrogen) atoms. The van der Waals surface area contributed by atoms with Crippen LogP contribution >= 0.6 is 0 Å². The molecule has 0 amide bonds. The molecule has 2 aromatic rings. The number of nitrogens with zero attached hydrogens (tertiary/aromatic N) is 1. The topological polar surface area (TPSA) is 75.2 Å². The van der Waals surface area contributed by atoms with Crippen molar-refractivity contribution in [3.8, 4) is 17.0 Å². The molecule has 0 aliphatic heterocycles. The summed E-state index contributed by atoms with van der Waals surface area (Å²) in [5.74, 6) is 0.181. The summed E-state index contributed by atoms with van der Waals surface area (Å²) in [5, 5.41) is 9.98. The molecule has 0 atom stereocenters. The maximum absolute atomic E-state index is 12.1. The number of nitrogens with one attached hydrogen (secondary N) is 1. The van der Waals surface area contributed by atoms with Crippen molar-refractivity contribution in [3.05, 3.63) is 46.0 Å². The lowest BCUT2D eigenvalue weighted by Gasteiger charge is -2.06. The van der Waals surface area contributed by atoms with Gasteiger partial charge in [0.25, 0.3) is 5.56 Å². The number of hydrogen-bond donors (Lipinski definition) is 2. The predicted molar refractivity (Wildman–Crippen MR) is 76.9 cm³/mol. The van der Waals surface area contributed by atoms with Crippen molar-refractivity contribution in [2.45, 2.75) is 20.3 Å². The second-order valence-electron chi connectivity index (χ2n) is 4.52. The number of hydrogen-bond acceptors (Lipinski definition) is 4. The molecule has 0 saturated carbocycles. The van der Waals surface area contributed by atoms with Gasteiger partial charge in [0, 0.05) is 13.0 Å². The highest BCUT2D eigenvalue weighted by molar-refractivity contribution is 5.67. The second-order valence-corrected chi connectivity index (χ2v) is 4.52. The first-order valence-electron chi connectivity index (χ1n) is 6.58. The number of aromatic hydroxyl groups is 1. The number of aromatic amines is 1. The Hall–Kier alpha value is -2.14. The fraction of sp³-hybridized carbons (Fsp3) is 0.333. The summed E-state index contributed by atoms with van der Waals surface area (Å²) >= 11 is 0. The zero-order valence-electron chi connectivity index (χ0n) is 11.6. The van der Waals surface area contributed by atoms with Crippen LogP contribution in [0.25, 0.3) is 11.1 Å². The lowest BCUT2D eigenvalue weighted by molar-refractivity contribution is 0.149. The van der Waals surface area contributed by atoms with E-state index in [0.717, 1.165) is 5.56 Å². The van der Waals surface area contributed by atoms with Crippen molar-refractivity contribution in [1.29, 1.82) is 0 Å². The van der Waals surface area contributed by atoms with E-state index in [9.17, 15) is 9.90 Å². The van der Waals surface area contributed by atoms with E-state index in [2.05, 4.69) is 9.97 Å². The third kappa shape index (κ3) is 3.24. The number of aromatic nitrogens is 2. The largest absolute Gasteiger partial charge is 0.493 e. The number of H-pyrrole nitrogens is 1. The molecule has 106 valence electrons. The SMILES string of the molecule is CCOCCc1nc(O)c(-c2ccc(C)cc2)c(=O)[nH]1. The van der Waals surface area contributed by atoms with E-state index in [-0.39, 0.29) is 17.0 Å². The summed E-state index contributed by atoms with van der Waals surface area (Å²) in [5.41, 5.74) is 1.60. The van der Waals surface area contributed by atoms with Crippen molar-refractivity contribution < 1.29 is 9.84 Å². The van der Waals surface area contributed by atoms with Gasteiger partial charge >= 0.3 is 0 Å². The van der Waals surface area contributed by atoms with Crippen LogP contribution in [0.2, 0.25) is 0 Å². The molecule has 1 heterocycles. The quantitative estimate of drug-likeness (QED) is 0.818. The summed E-state index contributed by atoms with van der Waals surface area (Å²) in [6.07, 6.45) is 0.463. The van der Waals surface area contributed by atoms with Gasteiger partial charge in [-0.15, -0.1) is 0 Å². The van der Waals surface area contributed by atoms with Crippen molar-refractivity contribution in [1.82, 2.24) is 9.97 Å². The first kappa shape index (κ1) is 14.3. The van der Waals surface area contributed by atoms with Crippen LogP contribution in [0.5, 0.6) is 5.88 Å². The van der Waals surface area contributed by atoms with Crippen LogP contribution in [0, 0.1) is 6.92 Å². The average molecular weight is 274 g/mol. The summed E-state index contributed by atoms with van der Waals surface area (Å²) < 4.78 is 5.20. The molecule has 0 aliphatic rings. The lowest BCUT2D eigenvalue weighted by Crippen LogP contribution is -2.15. The Morgan fingerprint density at radius 3 is 2.60 bits per heavy atom. The average Bonchev–Trinajstić information content (AvgIpc) is 2.40. The maximum Gasteiger partial charge on any atom is 0.262 e. The maximum atomic E-state index is 12.1. The van der Waals surface area contributed by atoms with Gasteiger partial charge < -0.3 is 14.8 Å². The molecule has 0 unspecified atom stereocenters. The van der Waals surface area contributed by atoms with E-state index in [0.29, 0.717) is 31.0 Å². The van der Waals surface area contributed by atoms with E-state index in [4.69, 9.17) is 4.74 Å². The summed E-state index contributed by atoms with van der Waals surface area (Å²) in [6, 6.07) is 7.36. The van der Waals surface area contributed by atoms with Gasteiger partial charge in [0.2, 0.25) is 5.88 Å². The number of benzene rings is 1.